The average molecular weight is 411 g/mol. The van der Waals surface area contributed by atoms with E-state index in [-0.39, 0.29) is 6.54 Å². The van der Waals surface area contributed by atoms with Crippen molar-refractivity contribution in [2.45, 2.75) is 25.3 Å². The quantitative estimate of drug-likeness (QED) is 0.651. The molecule has 0 radical (unpaired) electrons. The first-order chi connectivity index (χ1) is 14.3. The number of nitrogens with one attached hydrogen (secondary N) is 2. The Kier molecular flexibility index (Phi) is 6.25. The van der Waals surface area contributed by atoms with Gasteiger partial charge in [0.15, 0.2) is 0 Å². The molecule has 0 spiro atoms. The van der Waals surface area contributed by atoms with Gasteiger partial charge in [0.1, 0.15) is 23.6 Å². The summed E-state index contributed by atoms with van der Waals surface area (Å²) in [7, 11) is 3.13. The van der Waals surface area contributed by atoms with Gasteiger partial charge in [0.05, 0.1) is 14.2 Å². The maximum absolute atomic E-state index is 12.9. The first-order valence-corrected chi connectivity index (χ1v) is 9.55. The predicted molar refractivity (Wildman–Crippen MR) is 112 cm³/mol. The molecular formula is C22H25N3O5. The summed E-state index contributed by atoms with van der Waals surface area (Å²) in [5.41, 5.74) is 0.481. The Morgan fingerprint density at radius 3 is 2.43 bits per heavy atom. The summed E-state index contributed by atoms with van der Waals surface area (Å²) in [6.07, 6.45) is 1.01. The number of rotatable bonds is 8. The van der Waals surface area contributed by atoms with Crippen LogP contribution in [0.1, 0.15) is 18.9 Å². The first-order valence-electron chi connectivity index (χ1n) is 9.55. The van der Waals surface area contributed by atoms with Crippen LogP contribution in [0.2, 0.25) is 0 Å². The van der Waals surface area contributed by atoms with Crippen LogP contribution in [-0.4, -0.2) is 49.0 Å². The third-order valence-electron chi connectivity index (χ3n) is 5.07. The lowest BCUT2D eigenvalue weighted by Gasteiger charge is -2.21. The molecule has 0 aromatic heterocycles. The molecule has 0 aliphatic carbocycles. The first kappa shape index (κ1) is 21.2. The molecular weight excluding hydrogens is 386 g/mol. The fraction of sp³-hybridized carbons (Fsp3) is 0.318. The third-order valence-corrected chi connectivity index (χ3v) is 5.07. The lowest BCUT2D eigenvalue weighted by Crippen LogP contribution is -2.45. The zero-order valence-corrected chi connectivity index (χ0v) is 17.2. The number of benzene rings is 2. The summed E-state index contributed by atoms with van der Waals surface area (Å²) >= 11 is 0. The lowest BCUT2D eigenvalue weighted by atomic mass is 9.93. The molecule has 2 aromatic rings. The molecule has 1 unspecified atom stereocenters. The average Bonchev–Trinajstić information content (AvgIpc) is 2.96. The third kappa shape index (κ3) is 4.71. The van der Waals surface area contributed by atoms with Crippen LogP contribution in [0.15, 0.2) is 48.5 Å². The highest BCUT2D eigenvalue weighted by atomic mass is 16.5. The number of methoxy groups -OCH3 is 2. The standard InChI is InChI=1S/C22H25N3O5/c1-22(12-11-15-7-9-17(29-2)10-8-15)20(27)25(21(28)24-22)14-19(26)23-16-5-4-6-18(13-16)30-3/h4-10,13H,11-12,14H2,1-3H3,(H,23,26)(H,24,28). The van der Waals surface area contributed by atoms with Crippen molar-refractivity contribution < 1.29 is 23.9 Å². The van der Waals surface area contributed by atoms with Crippen molar-refractivity contribution in [1.82, 2.24) is 10.2 Å². The van der Waals surface area contributed by atoms with E-state index in [1.165, 1.54) is 7.11 Å². The minimum Gasteiger partial charge on any atom is -0.497 e. The van der Waals surface area contributed by atoms with Crippen LogP contribution in [0.25, 0.3) is 0 Å². The number of nitrogens with zero attached hydrogens (tertiary/aromatic N) is 1. The van der Waals surface area contributed by atoms with Crippen LogP contribution in [-0.2, 0) is 16.0 Å². The molecule has 1 saturated heterocycles. The monoisotopic (exact) mass is 411 g/mol. The number of hydrogen-bond donors (Lipinski definition) is 2. The molecule has 1 aliphatic rings. The van der Waals surface area contributed by atoms with Crippen molar-refractivity contribution in [1.29, 1.82) is 0 Å². The smallest absolute Gasteiger partial charge is 0.325 e. The summed E-state index contributed by atoms with van der Waals surface area (Å²) in [5.74, 6) is 0.463. The van der Waals surface area contributed by atoms with E-state index < -0.39 is 23.4 Å². The molecule has 2 aromatic carbocycles. The Morgan fingerprint density at radius 1 is 1.07 bits per heavy atom. The molecule has 1 fully saturated rings. The van der Waals surface area contributed by atoms with Gasteiger partial charge in [0.25, 0.3) is 5.91 Å². The number of hydrogen-bond acceptors (Lipinski definition) is 5. The van der Waals surface area contributed by atoms with Gasteiger partial charge in [0.2, 0.25) is 5.91 Å². The Bertz CT molecular complexity index is 944. The van der Waals surface area contributed by atoms with E-state index in [9.17, 15) is 14.4 Å². The molecule has 4 amide bonds. The molecule has 1 atom stereocenters. The number of anilines is 1. The fourth-order valence-corrected chi connectivity index (χ4v) is 3.29. The summed E-state index contributed by atoms with van der Waals surface area (Å²) in [5, 5.41) is 5.40. The molecule has 8 nitrogen and oxygen atoms in total. The van der Waals surface area contributed by atoms with Gasteiger partial charge in [-0.15, -0.1) is 0 Å². The molecule has 0 saturated carbocycles. The summed E-state index contributed by atoms with van der Waals surface area (Å²) in [4.78, 5) is 38.6. The van der Waals surface area contributed by atoms with E-state index in [1.807, 2.05) is 24.3 Å². The van der Waals surface area contributed by atoms with Crippen LogP contribution >= 0.6 is 0 Å². The van der Waals surface area contributed by atoms with Crippen LogP contribution in [0.4, 0.5) is 10.5 Å². The molecule has 3 rings (SSSR count). The minimum atomic E-state index is -1.06. The fourth-order valence-electron chi connectivity index (χ4n) is 3.29. The van der Waals surface area contributed by atoms with Crippen molar-refractivity contribution in [3.63, 3.8) is 0 Å². The van der Waals surface area contributed by atoms with Gasteiger partial charge in [-0.3, -0.25) is 14.5 Å². The van der Waals surface area contributed by atoms with Crippen LogP contribution in [0.3, 0.4) is 0 Å². The highest BCUT2D eigenvalue weighted by Gasteiger charge is 2.47. The number of amides is 4. The van der Waals surface area contributed by atoms with Gasteiger partial charge in [-0.1, -0.05) is 18.2 Å². The number of ether oxygens (including phenoxy) is 2. The molecule has 158 valence electrons. The van der Waals surface area contributed by atoms with E-state index in [4.69, 9.17) is 9.47 Å². The Hall–Kier alpha value is -3.55. The number of carbonyl (C=O) groups excluding carboxylic acids is 3. The zero-order valence-electron chi connectivity index (χ0n) is 17.2. The van der Waals surface area contributed by atoms with Crippen LogP contribution in [0, 0.1) is 0 Å². The van der Waals surface area contributed by atoms with Crippen molar-refractivity contribution in [2.24, 2.45) is 0 Å². The van der Waals surface area contributed by atoms with Crippen molar-refractivity contribution in [3.05, 3.63) is 54.1 Å². The van der Waals surface area contributed by atoms with Crippen LogP contribution in [0.5, 0.6) is 11.5 Å². The molecule has 30 heavy (non-hydrogen) atoms. The van der Waals surface area contributed by atoms with E-state index in [2.05, 4.69) is 10.6 Å². The van der Waals surface area contributed by atoms with E-state index in [0.717, 1.165) is 16.2 Å². The maximum atomic E-state index is 12.9. The van der Waals surface area contributed by atoms with Gasteiger partial charge >= 0.3 is 6.03 Å². The summed E-state index contributed by atoms with van der Waals surface area (Å²) in [6.45, 7) is 1.32. The SMILES string of the molecule is COc1ccc(CCC2(C)NC(=O)N(CC(=O)Nc3cccc(OC)c3)C2=O)cc1. The second-order valence-corrected chi connectivity index (χ2v) is 7.28. The van der Waals surface area contributed by atoms with Gasteiger partial charge in [-0.05, 0) is 49.6 Å². The largest absolute Gasteiger partial charge is 0.497 e. The number of carbonyl (C=O) groups is 3. The topological polar surface area (TPSA) is 97.0 Å². The molecule has 0 bridgehead atoms. The Morgan fingerprint density at radius 2 is 1.77 bits per heavy atom. The number of imide groups is 1. The second kappa shape index (κ2) is 8.86. The van der Waals surface area contributed by atoms with E-state index in [0.29, 0.717) is 24.3 Å². The molecule has 8 heteroatoms. The summed E-state index contributed by atoms with van der Waals surface area (Å²) < 4.78 is 10.3. The van der Waals surface area contributed by atoms with Crippen molar-refractivity contribution in [3.8, 4) is 11.5 Å². The van der Waals surface area contributed by atoms with Crippen molar-refractivity contribution in [2.75, 3.05) is 26.1 Å². The molecule has 1 aliphatic heterocycles. The normalized spacial score (nSPS) is 18.2. The van der Waals surface area contributed by atoms with Gasteiger partial charge < -0.3 is 20.1 Å². The number of urea groups is 1. The van der Waals surface area contributed by atoms with E-state index >= 15 is 0 Å². The maximum Gasteiger partial charge on any atom is 0.325 e. The molecule has 1 heterocycles. The number of aryl methyl sites for hydroxylation is 1. The highest BCUT2D eigenvalue weighted by Crippen LogP contribution is 2.24. The minimum absolute atomic E-state index is 0.361. The van der Waals surface area contributed by atoms with Gasteiger partial charge in [-0.25, -0.2) is 4.79 Å². The van der Waals surface area contributed by atoms with Crippen molar-refractivity contribution >= 4 is 23.5 Å². The van der Waals surface area contributed by atoms with Gasteiger partial charge in [0, 0.05) is 11.8 Å². The summed E-state index contributed by atoms with van der Waals surface area (Å²) in [6, 6.07) is 13.8. The predicted octanol–water partition coefficient (Wildman–Crippen LogP) is 2.59. The molecule has 2 N–H and O–H groups in total. The highest BCUT2D eigenvalue weighted by molar-refractivity contribution is 6.09. The zero-order chi connectivity index (χ0) is 21.7. The van der Waals surface area contributed by atoms with Crippen LogP contribution < -0.4 is 20.1 Å². The van der Waals surface area contributed by atoms with Gasteiger partial charge in [-0.2, -0.15) is 0 Å². The Balaban J connectivity index is 1.60. The lowest BCUT2D eigenvalue weighted by molar-refractivity contribution is -0.133. The van der Waals surface area contributed by atoms with E-state index in [1.54, 1.807) is 38.3 Å². The Labute approximate surface area is 175 Å². The second-order valence-electron chi connectivity index (χ2n) is 7.28.